The van der Waals surface area contributed by atoms with Crippen molar-refractivity contribution >= 4 is 0 Å². The van der Waals surface area contributed by atoms with E-state index in [1.165, 1.54) is 23.3 Å². The van der Waals surface area contributed by atoms with Crippen molar-refractivity contribution in [2.45, 2.75) is 6.10 Å². The Bertz CT molecular complexity index is 714. The van der Waals surface area contributed by atoms with Crippen LogP contribution in [-0.4, -0.2) is 25.1 Å². The molecule has 1 unspecified atom stereocenters. The summed E-state index contributed by atoms with van der Waals surface area (Å²) in [7, 11) is 0. The van der Waals surface area contributed by atoms with Crippen molar-refractivity contribution in [3.63, 3.8) is 0 Å². The second-order valence-corrected chi connectivity index (χ2v) is 4.23. The van der Waals surface area contributed by atoms with Gasteiger partial charge in [-0.3, -0.25) is 4.98 Å². The molecule has 0 aliphatic heterocycles. The minimum atomic E-state index is -1.06. The highest BCUT2D eigenvalue weighted by atomic mass is 19.1. The van der Waals surface area contributed by atoms with Gasteiger partial charge in [0.2, 0.25) is 0 Å². The number of para-hydroxylation sites is 1. The van der Waals surface area contributed by atoms with Gasteiger partial charge in [0.05, 0.1) is 18.1 Å². The first kappa shape index (κ1) is 12.4. The lowest BCUT2D eigenvalue weighted by molar-refractivity contribution is 0.213. The number of benzene rings is 1. The van der Waals surface area contributed by atoms with Gasteiger partial charge in [-0.15, -0.1) is 0 Å². The predicted molar refractivity (Wildman–Crippen MR) is 69.6 cm³/mol. The van der Waals surface area contributed by atoms with E-state index in [1.807, 2.05) is 30.3 Å². The van der Waals surface area contributed by atoms with Gasteiger partial charge in [-0.25, -0.2) is 4.39 Å². The maximum Gasteiger partial charge on any atom is 0.141 e. The van der Waals surface area contributed by atoms with Crippen LogP contribution in [0.25, 0.3) is 5.69 Å². The quantitative estimate of drug-likeness (QED) is 0.789. The summed E-state index contributed by atoms with van der Waals surface area (Å²) in [6, 6.07) is 10.5. The van der Waals surface area contributed by atoms with Crippen molar-refractivity contribution < 1.29 is 9.50 Å². The molecule has 0 saturated heterocycles. The Morgan fingerprint density at radius 2 is 1.90 bits per heavy atom. The highest BCUT2D eigenvalue weighted by Crippen LogP contribution is 2.19. The van der Waals surface area contributed by atoms with Gasteiger partial charge < -0.3 is 5.11 Å². The van der Waals surface area contributed by atoms with Gasteiger partial charge >= 0.3 is 0 Å². The second-order valence-electron chi connectivity index (χ2n) is 4.23. The summed E-state index contributed by atoms with van der Waals surface area (Å²) in [4.78, 5) is 5.11. The molecule has 0 bridgehead atoms. The highest BCUT2D eigenvalue weighted by Gasteiger charge is 2.16. The van der Waals surface area contributed by atoms with E-state index >= 15 is 0 Å². The summed E-state index contributed by atoms with van der Waals surface area (Å²) in [6.45, 7) is 0. The van der Waals surface area contributed by atoms with E-state index in [2.05, 4.69) is 15.2 Å². The average Bonchev–Trinajstić information content (AvgIpc) is 2.97. The second kappa shape index (κ2) is 5.18. The molecule has 1 atom stereocenters. The molecule has 1 aromatic carbocycles. The molecular formula is C14H11FN4O. The molecular weight excluding hydrogens is 259 g/mol. The summed E-state index contributed by atoms with van der Waals surface area (Å²) in [5.74, 6) is -0.503. The summed E-state index contributed by atoms with van der Waals surface area (Å²) in [5.41, 5.74) is 1.45. The number of hydrogen-bond donors (Lipinski definition) is 1. The molecule has 2 heterocycles. The zero-order valence-corrected chi connectivity index (χ0v) is 10.4. The van der Waals surface area contributed by atoms with Crippen LogP contribution in [0.4, 0.5) is 4.39 Å². The Hall–Kier alpha value is -2.60. The topological polar surface area (TPSA) is 63.8 Å². The first-order chi connectivity index (χ1) is 9.74. The maximum absolute atomic E-state index is 13.1. The lowest BCUT2D eigenvalue weighted by Gasteiger charge is -2.06. The molecule has 0 amide bonds. The van der Waals surface area contributed by atoms with Crippen molar-refractivity contribution in [2.75, 3.05) is 0 Å². The lowest BCUT2D eigenvalue weighted by Crippen LogP contribution is -2.04. The molecule has 3 rings (SSSR count). The van der Waals surface area contributed by atoms with Gasteiger partial charge in [0, 0.05) is 11.8 Å². The molecule has 1 N–H and O–H groups in total. The van der Waals surface area contributed by atoms with E-state index < -0.39 is 11.9 Å². The van der Waals surface area contributed by atoms with Gasteiger partial charge in [-0.1, -0.05) is 18.2 Å². The minimum absolute atomic E-state index is 0.334. The molecule has 3 aromatic rings. The Balaban J connectivity index is 1.90. The van der Waals surface area contributed by atoms with E-state index in [9.17, 15) is 9.50 Å². The van der Waals surface area contributed by atoms with Crippen LogP contribution in [0, 0.1) is 5.82 Å². The van der Waals surface area contributed by atoms with Crippen LogP contribution < -0.4 is 0 Å². The van der Waals surface area contributed by atoms with Gasteiger partial charge in [-0.2, -0.15) is 15.0 Å². The fraction of sp³-hybridized carbons (Fsp3) is 0.0714. The standard InChI is InChI=1S/C14H11FN4O/c15-11-6-10(7-16-8-11)14(20)13-9-17-19(18-13)12-4-2-1-3-5-12/h1-9,14,20H. The van der Waals surface area contributed by atoms with Gasteiger partial charge in [0.1, 0.15) is 17.6 Å². The molecule has 0 spiro atoms. The SMILES string of the molecule is OC(c1cncc(F)c1)c1cnn(-c2ccccc2)n1. The van der Waals surface area contributed by atoms with Crippen molar-refractivity contribution in [1.82, 2.24) is 20.0 Å². The summed E-state index contributed by atoms with van der Waals surface area (Å²) < 4.78 is 13.1. The highest BCUT2D eigenvalue weighted by molar-refractivity contribution is 5.29. The maximum atomic E-state index is 13.1. The molecule has 0 radical (unpaired) electrons. The molecule has 5 nitrogen and oxygen atoms in total. The van der Waals surface area contributed by atoms with Crippen molar-refractivity contribution in [3.05, 3.63) is 72.1 Å². The normalized spacial score (nSPS) is 12.3. The van der Waals surface area contributed by atoms with Crippen molar-refractivity contribution in [1.29, 1.82) is 0 Å². The smallest absolute Gasteiger partial charge is 0.141 e. The van der Waals surface area contributed by atoms with Gasteiger partial charge in [0.15, 0.2) is 0 Å². The van der Waals surface area contributed by atoms with Crippen LogP contribution in [0.5, 0.6) is 0 Å². The van der Waals surface area contributed by atoms with Gasteiger partial charge in [-0.05, 0) is 18.2 Å². The molecule has 20 heavy (non-hydrogen) atoms. The Labute approximate surface area is 114 Å². The summed E-state index contributed by atoms with van der Waals surface area (Å²) in [6.07, 6.45) is 2.87. The fourth-order valence-electron chi connectivity index (χ4n) is 1.83. The van der Waals surface area contributed by atoms with Crippen LogP contribution in [0.2, 0.25) is 0 Å². The first-order valence-corrected chi connectivity index (χ1v) is 6.00. The minimum Gasteiger partial charge on any atom is -0.382 e. The van der Waals surface area contributed by atoms with E-state index in [0.29, 0.717) is 11.3 Å². The molecule has 100 valence electrons. The third kappa shape index (κ3) is 2.41. The first-order valence-electron chi connectivity index (χ1n) is 6.00. The van der Waals surface area contributed by atoms with E-state index in [-0.39, 0.29) is 0 Å². The Morgan fingerprint density at radius 3 is 2.65 bits per heavy atom. The molecule has 0 saturated carbocycles. The van der Waals surface area contributed by atoms with Crippen LogP contribution in [0.1, 0.15) is 17.4 Å². The number of aromatic nitrogens is 4. The van der Waals surface area contributed by atoms with Crippen LogP contribution in [0.3, 0.4) is 0 Å². The monoisotopic (exact) mass is 270 g/mol. The van der Waals surface area contributed by atoms with E-state index in [1.54, 1.807) is 0 Å². The van der Waals surface area contributed by atoms with Crippen molar-refractivity contribution in [2.24, 2.45) is 0 Å². The number of halogens is 1. The Kier molecular flexibility index (Phi) is 3.22. The molecule has 0 aliphatic rings. The van der Waals surface area contributed by atoms with Gasteiger partial charge in [0.25, 0.3) is 0 Å². The number of rotatable bonds is 3. The summed E-state index contributed by atoms with van der Waals surface area (Å²) >= 11 is 0. The molecule has 0 aliphatic carbocycles. The zero-order valence-electron chi connectivity index (χ0n) is 10.4. The molecule has 0 fully saturated rings. The number of hydrogen-bond acceptors (Lipinski definition) is 4. The van der Waals surface area contributed by atoms with Crippen molar-refractivity contribution in [3.8, 4) is 5.69 Å². The summed E-state index contributed by atoms with van der Waals surface area (Å²) in [5, 5.41) is 18.4. The van der Waals surface area contributed by atoms with Crippen LogP contribution >= 0.6 is 0 Å². The zero-order chi connectivity index (χ0) is 13.9. The number of aliphatic hydroxyl groups excluding tert-OH is 1. The number of aliphatic hydroxyl groups is 1. The predicted octanol–water partition coefficient (Wildman–Crippen LogP) is 1.88. The van der Waals surface area contributed by atoms with Crippen LogP contribution in [-0.2, 0) is 0 Å². The average molecular weight is 270 g/mol. The third-order valence-corrected chi connectivity index (χ3v) is 2.82. The van der Waals surface area contributed by atoms with Crippen LogP contribution in [0.15, 0.2) is 55.0 Å². The Morgan fingerprint density at radius 1 is 1.10 bits per heavy atom. The molecule has 6 heteroatoms. The third-order valence-electron chi connectivity index (χ3n) is 2.82. The fourth-order valence-corrected chi connectivity index (χ4v) is 1.83. The van der Waals surface area contributed by atoms with E-state index in [0.717, 1.165) is 11.9 Å². The van der Waals surface area contributed by atoms with E-state index in [4.69, 9.17) is 0 Å². The number of pyridine rings is 1. The largest absolute Gasteiger partial charge is 0.382 e. The molecule has 2 aromatic heterocycles. The number of nitrogens with zero attached hydrogens (tertiary/aromatic N) is 4. The lowest BCUT2D eigenvalue weighted by atomic mass is 10.1.